The van der Waals surface area contributed by atoms with Crippen molar-refractivity contribution in [3.8, 4) is 5.75 Å². The zero-order chi connectivity index (χ0) is 15.9. The second kappa shape index (κ2) is 7.96. The van der Waals surface area contributed by atoms with Crippen molar-refractivity contribution in [1.29, 1.82) is 0 Å². The minimum atomic E-state index is -0.305. The summed E-state index contributed by atoms with van der Waals surface area (Å²) in [7, 11) is 0. The molecule has 0 saturated carbocycles. The summed E-state index contributed by atoms with van der Waals surface area (Å²) in [5.74, 6) is 0.399. The van der Waals surface area contributed by atoms with Crippen LogP contribution >= 0.6 is 27.5 Å². The number of benzene rings is 2. The lowest BCUT2D eigenvalue weighted by Gasteiger charge is -2.07. The van der Waals surface area contributed by atoms with E-state index in [1.54, 1.807) is 30.5 Å². The lowest BCUT2D eigenvalue weighted by Crippen LogP contribution is -2.17. The first-order valence-corrected chi connectivity index (χ1v) is 7.78. The Kier molecular flexibility index (Phi) is 5.98. The number of carbonyl (C=O) groups excluding carboxylic acids is 1. The van der Waals surface area contributed by atoms with Crippen molar-refractivity contribution in [1.82, 2.24) is 5.43 Å². The lowest BCUT2D eigenvalue weighted by molar-refractivity contribution is 0.0955. The Labute approximate surface area is 142 Å². The molecule has 0 atom stereocenters. The second-order valence-electron chi connectivity index (χ2n) is 4.32. The van der Waals surface area contributed by atoms with Gasteiger partial charge >= 0.3 is 0 Å². The molecule has 6 heteroatoms. The Morgan fingerprint density at radius 2 is 2.05 bits per heavy atom. The van der Waals surface area contributed by atoms with Crippen molar-refractivity contribution in [2.45, 2.75) is 6.92 Å². The van der Waals surface area contributed by atoms with E-state index in [4.69, 9.17) is 16.3 Å². The van der Waals surface area contributed by atoms with Crippen LogP contribution in [0.3, 0.4) is 0 Å². The Balaban J connectivity index is 2.07. The SMILES string of the molecule is CCOc1ccc(Br)cc1/C=N/NC(=O)c1ccc(Cl)cc1. The average molecular weight is 382 g/mol. The van der Waals surface area contributed by atoms with Crippen LogP contribution in [0.1, 0.15) is 22.8 Å². The number of hydrazone groups is 1. The zero-order valence-electron chi connectivity index (χ0n) is 11.8. The molecule has 0 bridgehead atoms. The van der Waals surface area contributed by atoms with Crippen molar-refractivity contribution in [3.05, 3.63) is 63.1 Å². The van der Waals surface area contributed by atoms with E-state index in [0.29, 0.717) is 22.9 Å². The second-order valence-corrected chi connectivity index (χ2v) is 5.67. The van der Waals surface area contributed by atoms with Crippen LogP contribution in [0, 0.1) is 0 Å². The van der Waals surface area contributed by atoms with Crippen molar-refractivity contribution in [2.24, 2.45) is 5.10 Å². The molecule has 2 aromatic rings. The van der Waals surface area contributed by atoms with Gasteiger partial charge < -0.3 is 4.74 Å². The summed E-state index contributed by atoms with van der Waals surface area (Å²) in [5.41, 5.74) is 3.73. The van der Waals surface area contributed by atoms with Gasteiger partial charge in [0.1, 0.15) is 5.75 Å². The smallest absolute Gasteiger partial charge is 0.271 e. The zero-order valence-corrected chi connectivity index (χ0v) is 14.2. The highest BCUT2D eigenvalue weighted by Crippen LogP contribution is 2.21. The number of rotatable bonds is 5. The molecule has 2 rings (SSSR count). The topological polar surface area (TPSA) is 50.7 Å². The summed E-state index contributed by atoms with van der Waals surface area (Å²) in [4.78, 5) is 11.9. The predicted octanol–water partition coefficient (Wildman–Crippen LogP) is 4.27. The van der Waals surface area contributed by atoms with Gasteiger partial charge in [-0.1, -0.05) is 27.5 Å². The molecule has 1 amide bonds. The maximum absolute atomic E-state index is 11.9. The van der Waals surface area contributed by atoms with E-state index in [-0.39, 0.29) is 5.91 Å². The van der Waals surface area contributed by atoms with Gasteiger partial charge in [0.05, 0.1) is 12.8 Å². The van der Waals surface area contributed by atoms with Crippen LogP contribution in [0.25, 0.3) is 0 Å². The molecule has 0 spiro atoms. The van der Waals surface area contributed by atoms with E-state index >= 15 is 0 Å². The molecular formula is C16H14BrClN2O2. The van der Waals surface area contributed by atoms with Gasteiger partial charge in [-0.15, -0.1) is 0 Å². The maximum atomic E-state index is 11.9. The first-order valence-electron chi connectivity index (χ1n) is 6.61. The molecule has 0 aromatic heterocycles. The van der Waals surface area contributed by atoms with Crippen LogP contribution in [0.4, 0.5) is 0 Å². The first kappa shape index (κ1) is 16.5. The van der Waals surface area contributed by atoms with Gasteiger partial charge in [-0.25, -0.2) is 5.43 Å². The number of halogens is 2. The number of hydrogen-bond acceptors (Lipinski definition) is 3. The molecule has 114 valence electrons. The normalized spacial score (nSPS) is 10.7. The van der Waals surface area contributed by atoms with Crippen molar-refractivity contribution in [3.63, 3.8) is 0 Å². The fraction of sp³-hybridized carbons (Fsp3) is 0.125. The fourth-order valence-electron chi connectivity index (χ4n) is 1.73. The summed E-state index contributed by atoms with van der Waals surface area (Å²) in [5, 5.41) is 4.55. The number of carbonyl (C=O) groups is 1. The number of amides is 1. The molecule has 0 saturated heterocycles. The molecule has 4 nitrogen and oxygen atoms in total. The molecule has 22 heavy (non-hydrogen) atoms. The van der Waals surface area contributed by atoms with Gasteiger partial charge in [-0.05, 0) is 49.4 Å². The van der Waals surface area contributed by atoms with E-state index in [2.05, 4.69) is 26.5 Å². The molecule has 0 aliphatic heterocycles. The fourth-order valence-corrected chi connectivity index (χ4v) is 2.24. The maximum Gasteiger partial charge on any atom is 0.271 e. The lowest BCUT2D eigenvalue weighted by atomic mass is 10.2. The van der Waals surface area contributed by atoms with Crippen LogP contribution in [0.5, 0.6) is 5.75 Å². The molecule has 0 aliphatic rings. The highest BCUT2D eigenvalue weighted by molar-refractivity contribution is 9.10. The molecule has 0 unspecified atom stereocenters. The summed E-state index contributed by atoms with van der Waals surface area (Å²) in [6.07, 6.45) is 1.55. The summed E-state index contributed by atoms with van der Waals surface area (Å²) in [6.45, 7) is 2.46. The van der Waals surface area contributed by atoms with E-state index in [9.17, 15) is 4.79 Å². The van der Waals surface area contributed by atoms with Gasteiger partial charge in [-0.3, -0.25) is 4.79 Å². The Hall–Kier alpha value is -1.85. The third-order valence-corrected chi connectivity index (χ3v) is 3.49. The molecule has 0 heterocycles. The highest BCUT2D eigenvalue weighted by atomic mass is 79.9. The molecule has 0 radical (unpaired) electrons. The summed E-state index contributed by atoms with van der Waals surface area (Å²) < 4.78 is 6.41. The number of nitrogens with one attached hydrogen (secondary N) is 1. The third-order valence-electron chi connectivity index (χ3n) is 2.75. The largest absolute Gasteiger partial charge is 0.493 e. The predicted molar refractivity (Wildman–Crippen MR) is 91.8 cm³/mol. The van der Waals surface area contributed by atoms with Gasteiger partial charge in [0, 0.05) is 20.6 Å². The van der Waals surface area contributed by atoms with Crippen LogP contribution in [0.2, 0.25) is 5.02 Å². The van der Waals surface area contributed by atoms with Crippen LogP contribution in [-0.4, -0.2) is 18.7 Å². The molecule has 0 aliphatic carbocycles. The quantitative estimate of drug-likeness (QED) is 0.621. The Bertz CT molecular complexity index is 687. The van der Waals surface area contributed by atoms with E-state index in [1.165, 1.54) is 0 Å². The average Bonchev–Trinajstić information content (AvgIpc) is 2.50. The molecule has 0 fully saturated rings. The standard InChI is InChI=1S/C16H14BrClN2O2/c1-2-22-15-8-5-13(17)9-12(15)10-19-20-16(21)11-3-6-14(18)7-4-11/h3-10H,2H2,1H3,(H,20,21)/b19-10+. The monoisotopic (exact) mass is 380 g/mol. The van der Waals surface area contributed by atoms with Gasteiger partial charge in [0.2, 0.25) is 0 Å². The minimum Gasteiger partial charge on any atom is -0.493 e. The van der Waals surface area contributed by atoms with E-state index in [1.807, 2.05) is 25.1 Å². The van der Waals surface area contributed by atoms with E-state index < -0.39 is 0 Å². The van der Waals surface area contributed by atoms with E-state index in [0.717, 1.165) is 10.0 Å². The molecule has 2 aromatic carbocycles. The van der Waals surface area contributed by atoms with Gasteiger partial charge in [-0.2, -0.15) is 5.10 Å². The third kappa shape index (κ3) is 4.58. The number of nitrogens with zero attached hydrogens (tertiary/aromatic N) is 1. The molecular weight excluding hydrogens is 368 g/mol. The number of ether oxygens (including phenoxy) is 1. The van der Waals surface area contributed by atoms with Gasteiger partial charge in [0.15, 0.2) is 0 Å². The highest BCUT2D eigenvalue weighted by Gasteiger charge is 2.05. The van der Waals surface area contributed by atoms with Crippen molar-refractivity contribution >= 4 is 39.7 Å². The Morgan fingerprint density at radius 3 is 2.73 bits per heavy atom. The van der Waals surface area contributed by atoms with Crippen LogP contribution in [0.15, 0.2) is 52.0 Å². The van der Waals surface area contributed by atoms with Crippen LogP contribution < -0.4 is 10.2 Å². The van der Waals surface area contributed by atoms with Crippen molar-refractivity contribution < 1.29 is 9.53 Å². The van der Waals surface area contributed by atoms with Crippen molar-refractivity contribution in [2.75, 3.05) is 6.61 Å². The minimum absolute atomic E-state index is 0.305. The van der Waals surface area contributed by atoms with Gasteiger partial charge in [0.25, 0.3) is 5.91 Å². The summed E-state index contributed by atoms with van der Waals surface area (Å²) >= 11 is 9.18. The van der Waals surface area contributed by atoms with Crippen LogP contribution in [-0.2, 0) is 0 Å². The first-order chi connectivity index (χ1) is 10.6. The Morgan fingerprint density at radius 1 is 1.32 bits per heavy atom. The number of hydrogen-bond donors (Lipinski definition) is 1. The summed E-state index contributed by atoms with van der Waals surface area (Å²) in [6, 6.07) is 12.2. The molecule has 1 N–H and O–H groups in total.